The van der Waals surface area contributed by atoms with E-state index in [1.54, 1.807) is 4.90 Å². The summed E-state index contributed by atoms with van der Waals surface area (Å²) >= 11 is 0. The number of nitrogens with one attached hydrogen (secondary N) is 1. The number of nitrogens with two attached hydrogens (primary N) is 1. The number of nitrogens with zero attached hydrogens (tertiary/aromatic N) is 1. The Balaban J connectivity index is 1.58. The van der Waals surface area contributed by atoms with Gasteiger partial charge in [0, 0.05) is 26.1 Å². The molecule has 0 spiro atoms. The molecule has 0 aromatic carbocycles. The number of carbonyl (C=O) groups excluding carboxylic acids is 2. The molecule has 0 bridgehead atoms. The van der Waals surface area contributed by atoms with Crippen molar-refractivity contribution in [2.75, 3.05) is 46.1 Å². The van der Waals surface area contributed by atoms with Crippen LogP contribution >= 0.6 is 0 Å². The van der Waals surface area contributed by atoms with E-state index in [0.717, 1.165) is 31.6 Å². The molecule has 2 amide bonds. The third-order valence-corrected chi connectivity index (χ3v) is 5.78. The molecule has 0 aromatic rings. The second-order valence-corrected chi connectivity index (χ2v) is 7.95. The van der Waals surface area contributed by atoms with Gasteiger partial charge in [0.05, 0.1) is 26.4 Å². The molecule has 2 rings (SSSR count). The van der Waals surface area contributed by atoms with E-state index in [9.17, 15) is 9.59 Å². The minimum absolute atomic E-state index is 0.0545. The number of carbonyl (C=O) groups is 2. The maximum absolute atomic E-state index is 12.6. The number of amides is 2. The molecule has 1 saturated carbocycles. The Labute approximate surface area is 169 Å². The average Bonchev–Trinajstić information content (AvgIpc) is 3.21. The van der Waals surface area contributed by atoms with Crippen LogP contribution in [0.15, 0.2) is 0 Å². The molecule has 3 N–H and O–H groups in total. The number of hydrogen-bond acceptors (Lipinski definition) is 5. The summed E-state index contributed by atoms with van der Waals surface area (Å²) in [5.74, 6) is 0.891. The minimum atomic E-state index is -0.310. The first-order valence-corrected chi connectivity index (χ1v) is 11.1. The quantitative estimate of drug-likeness (QED) is 0.463. The van der Waals surface area contributed by atoms with Gasteiger partial charge in [-0.05, 0) is 31.6 Å². The van der Waals surface area contributed by atoms with E-state index in [-0.39, 0.29) is 17.9 Å². The molecule has 1 aliphatic heterocycles. The monoisotopic (exact) mass is 397 g/mol. The zero-order valence-corrected chi connectivity index (χ0v) is 17.3. The van der Waals surface area contributed by atoms with Crippen LogP contribution in [0.2, 0.25) is 0 Å². The van der Waals surface area contributed by atoms with Crippen LogP contribution in [-0.2, 0) is 19.1 Å². The van der Waals surface area contributed by atoms with Gasteiger partial charge in [0.1, 0.15) is 6.04 Å². The van der Waals surface area contributed by atoms with E-state index >= 15 is 0 Å². The third-order valence-electron chi connectivity index (χ3n) is 5.78. The van der Waals surface area contributed by atoms with E-state index in [4.69, 9.17) is 15.2 Å². The average molecular weight is 398 g/mol. The molecule has 2 aliphatic rings. The first-order valence-electron chi connectivity index (χ1n) is 11.1. The van der Waals surface area contributed by atoms with Crippen LogP contribution in [0, 0.1) is 5.92 Å². The van der Waals surface area contributed by atoms with E-state index < -0.39 is 0 Å². The van der Waals surface area contributed by atoms with Crippen molar-refractivity contribution in [3.05, 3.63) is 0 Å². The van der Waals surface area contributed by atoms with Gasteiger partial charge in [-0.25, -0.2) is 0 Å². The first-order chi connectivity index (χ1) is 13.7. The van der Waals surface area contributed by atoms with Crippen molar-refractivity contribution in [2.24, 2.45) is 11.7 Å². The van der Waals surface area contributed by atoms with Gasteiger partial charge in [-0.3, -0.25) is 9.59 Å². The van der Waals surface area contributed by atoms with E-state index in [1.165, 1.54) is 32.1 Å². The molecule has 28 heavy (non-hydrogen) atoms. The minimum Gasteiger partial charge on any atom is -0.378 e. The molecule has 0 radical (unpaired) electrons. The van der Waals surface area contributed by atoms with Crippen molar-refractivity contribution in [1.29, 1.82) is 0 Å². The number of rotatable bonds is 13. The Morgan fingerprint density at radius 2 is 1.71 bits per heavy atom. The summed E-state index contributed by atoms with van der Waals surface area (Å²) in [5, 5.41) is 2.90. The maximum Gasteiger partial charge on any atom is 0.242 e. The summed E-state index contributed by atoms with van der Waals surface area (Å²) in [6, 6.07) is -0.310. The zero-order valence-electron chi connectivity index (χ0n) is 17.3. The molecule has 1 saturated heterocycles. The van der Waals surface area contributed by atoms with Crippen LogP contribution in [0.5, 0.6) is 0 Å². The van der Waals surface area contributed by atoms with Gasteiger partial charge in [-0.2, -0.15) is 0 Å². The van der Waals surface area contributed by atoms with Crippen molar-refractivity contribution in [2.45, 2.75) is 70.3 Å². The van der Waals surface area contributed by atoms with Crippen LogP contribution in [0.25, 0.3) is 0 Å². The highest BCUT2D eigenvalue weighted by Gasteiger charge is 2.33. The Kier molecular flexibility index (Phi) is 11.5. The lowest BCUT2D eigenvalue weighted by molar-refractivity contribution is -0.138. The van der Waals surface area contributed by atoms with Gasteiger partial charge in [-0.1, -0.05) is 32.1 Å². The van der Waals surface area contributed by atoms with Crippen molar-refractivity contribution in [3.63, 3.8) is 0 Å². The molecule has 2 fully saturated rings. The lowest BCUT2D eigenvalue weighted by Gasteiger charge is -2.25. The van der Waals surface area contributed by atoms with Crippen molar-refractivity contribution in [3.8, 4) is 0 Å². The van der Waals surface area contributed by atoms with Gasteiger partial charge in [0.25, 0.3) is 0 Å². The van der Waals surface area contributed by atoms with Gasteiger partial charge in [0.2, 0.25) is 11.8 Å². The molecule has 7 nitrogen and oxygen atoms in total. The fraction of sp³-hybridized carbons (Fsp3) is 0.905. The van der Waals surface area contributed by atoms with Gasteiger partial charge in [0.15, 0.2) is 0 Å². The summed E-state index contributed by atoms with van der Waals surface area (Å²) in [7, 11) is 0. The van der Waals surface area contributed by atoms with E-state index in [0.29, 0.717) is 52.5 Å². The smallest absolute Gasteiger partial charge is 0.242 e. The Morgan fingerprint density at radius 1 is 0.964 bits per heavy atom. The number of likely N-dealkylation sites (tertiary alicyclic amines) is 1. The van der Waals surface area contributed by atoms with E-state index in [1.807, 2.05) is 0 Å². The van der Waals surface area contributed by atoms with Gasteiger partial charge < -0.3 is 25.4 Å². The number of ether oxygens (including phenoxy) is 2. The van der Waals surface area contributed by atoms with Gasteiger partial charge >= 0.3 is 0 Å². The molecule has 1 aliphatic carbocycles. The fourth-order valence-corrected chi connectivity index (χ4v) is 4.27. The molecule has 162 valence electrons. The standard InChI is InChI=1S/C21H39N3O4/c22-11-14-27-16-17-28-15-12-23-21(26)19-9-5-13-24(19)20(25)10-4-8-18-6-2-1-3-7-18/h18-19H,1-17,22H2,(H,23,26). The summed E-state index contributed by atoms with van der Waals surface area (Å²) in [6.07, 6.45) is 11.1. The molecule has 1 atom stereocenters. The molecular weight excluding hydrogens is 358 g/mol. The molecule has 7 heteroatoms. The summed E-state index contributed by atoms with van der Waals surface area (Å²) in [5.41, 5.74) is 5.34. The molecule has 0 aromatic heterocycles. The SMILES string of the molecule is NCCOCCOCCNC(=O)C1CCCN1C(=O)CCCC1CCCCC1. The summed E-state index contributed by atoms with van der Waals surface area (Å²) < 4.78 is 10.6. The Morgan fingerprint density at radius 3 is 2.46 bits per heavy atom. The van der Waals surface area contributed by atoms with Crippen LogP contribution < -0.4 is 11.1 Å². The Hall–Kier alpha value is -1.18. The normalized spacial score (nSPS) is 20.5. The topological polar surface area (TPSA) is 93.9 Å². The predicted molar refractivity (Wildman–Crippen MR) is 109 cm³/mol. The predicted octanol–water partition coefficient (Wildman–Crippen LogP) is 1.84. The second kappa shape index (κ2) is 13.9. The molecule has 1 unspecified atom stereocenters. The maximum atomic E-state index is 12.6. The van der Waals surface area contributed by atoms with Crippen LogP contribution in [0.3, 0.4) is 0 Å². The lowest BCUT2D eigenvalue weighted by Crippen LogP contribution is -2.46. The summed E-state index contributed by atoms with van der Waals surface area (Å²) in [6.45, 7) is 3.65. The largest absolute Gasteiger partial charge is 0.378 e. The van der Waals surface area contributed by atoms with Crippen LogP contribution in [0.1, 0.15) is 64.2 Å². The second-order valence-electron chi connectivity index (χ2n) is 7.95. The lowest BCUT2D eigenvalue weighted by atomic mass is 9.86. The van der Waals surface area contributed by atoms with Crippen LogP contribution in [0.4, 0.5) is 0 Å². The third kappa shape index (κ3) is 8.45. The Bertz CT molecular complexity index is 455. The van der Waals surface area contributed by atoms with Gasteiger partial charge in [-0.15, -0.1) is 0 Å². The highest BCUT2D eigenvalue weighted by atomic mass is 16.5. The highest BCUT2D eigenvalue weighted by Crippen LogP contribution is 2.28. The first kappa shape index (κ1) is 23.1. The van der Waals surface area contributed by atoms with Crippen molar-refractivity contribution < 1.29 is 19.1 Å². The zero-order chi connectivity index (χ0) is 20.0. The number of hydrogen-bond donors (Lipinski definition) is 2. The fourth-order valence-electron chi connectivity index (χ4n) is 4.27. The van der Waals surface area contributed by atoms with Crippen LogP contribution in [-0.4, -0.2) is 68.8 Å². The highest BCUT2D eigenvalue weighted by molar-refractivity contribution is 5.88. The summed E-state index contributed by atoms with van der Waals surface area (Å²) in [4.78, 5) is 26.8. The molecular formula is C21H39N3O4. The van der Waals surface area contributed by atoms with Crippen molar-refractivity contribution >= 4 is 11.8 Å². The molecule has 1 heterocycles. The van der Waals surface area contributed by atoms with E-state index in [2.05, 4.69) is 5.32 Å². The van der Waals surface area contributed by atoms with Crippen molar-refractivity contribution in [1.82, 2.24) is 10.2 Å².